The highest BCUT2D eigenvalue weighted by molar-refractivity contribution is 7.71. The van der Waals surface area contributed by atoms with E-state index in [1.807, 2.05) is 13.8 Å². The molecule has 0 aromatic carbocycles. The van der Waals surface area contributed by atoms with Crippen LogP contribution < -0.4 is 5.32 Å². The highest BCUT2D eigenvalue weighted by Gasteiger charge is 2.46. The minimum Gasteiger partial charge on any atom is -0.351 e. The summed E-state index contributed by atoms with van der Waals surface area (Å²) in [5.74, 6) is -0.369. The molecule has 0 amide bonds. The fraction of sp³-hybridized carbons (Fsp3) is 0.615. The van der Waals surface area contributed by atoms with E-state index in [0.29, 0.717) is 9.66 Å². The molecule has 2 aliphatic heterocycles. The zero-order valence-corrected chi connectivity index (χ0v) is 12.7. The zero-order chi connectivity index (χ0) is 13.9. The number of H-pyrrole nitrogens is 1. The molecule has 0 aliphatic carbocycles. The van der Waals surface area contributed by atoms with Crippen LogP contribution in [0, 0.1) is 4.64 Å². The monoisotopic (exact) mass is 302 g/mol. The molecule has 106 valence electrons. The Morgan fingerprint density at radius 1 is 1.37 bits per heavy atom. The van der Waals surface area contributed by atoms with Gasteiger partial charge in [-0.3, -0.25) is 0 Å². The second kappa shape index (κ2) is 5.89. The largest absolute Gasteiger partial charge is 0.351 e. The van der Waals surface area contributed by atoms with E-state index >= 15 is 0 Å². The van der Waals surface area contributed by atoms with Crippen molar-refractivity contribution in [1.29, 1.82) is 0 Å². The van der Waals surface area contributed by atoms with Crippen molar-refractivity contribution in [3.05, 3.63) is 28.0 Å². The van der Waals surface area contributed by atoms with Gasteiger partial charge in [0, 0.05) is 12.7 Å². The first-order valence-corrected chi connectivity index (χ1v) is 7.09. The van der Waals surface area contributed by atoms with Crippen molar-refractivity contribution in [3.63, 3.8) is 0 Å². The van der Waals surface area contributed by atoms with E-state index in [1.165, 1.54) is 0 Å². The van der Waals surface area contributed by atoms with Gasteiger partial charge in [-0.2, -0.15) is 0 Å². The second-order valence-corrected chi connectivity index (χ2v) is 6.15. The molecule has 0 saturated carbocycles. The Morgan fingerprint density at radius 2 is 2.16 bits per heavy atom. The highest BCUT2D eigenvalue weighted by Crippen LogP contribution is 2.34. The van der Waals surface area contributed by atoms with Crippen LogP contribution in [0.2, 0.25) is 5.02 Å². The van der Waals surface area contributed by atoms with Gasteiger partial charge in [-0.25, -0.2) is 0 Å². The maximum atomic E-state index is 5.81. The van der Waals surface area contributed by atoms with E-state index in [-0.39, 0.29) is 11.4 Å². The number of aromatic nitrogens is 1. The lowest BCUT2D eigenvalue weighted by molar-refractivity contribution is -0.156. The van der Waals surface area contributed by atoms with Crippen LogP contribution in [0.25, 0.3) is 0 Å². The molecule has 1 atom stereocenters. The molecule has 2 fully saturated rings. The number of rotatable bonds is 0. The maximum absolute atomic E-state index is 5.81. The van der Waals surface area contributed by atoms with Crippen LogP contribution in [0.3, 0.4) is 0 Å². The topological polar surface area (TPSA) is 46.3 Å². The Bertz CT molecular complexity index is 463. The van der Waals surface area contributed by atoms with Gasteiger partial charge in [0.05, 0.1) is 11.6 Å². The van der Waals surface area contributed by atoms with Crippen molar-refractivity contribution in [2.75, 3.05) is 19.7 Å². The smallest absolute Gasteiger partial charge is 0.163 e. The summed E-state index contributed by atoms with van der Waals surface area (Å²) in [5, 5.41) is 3.97. The average molecular weight is 303 g/mol. The lowest BCUT2D eigenvalue weighted by atomic mass is 10.1. The van der Waals surface area contributed by atoms with Crippen LogP contribution in [-0.2, 0) is 9.47 Å². The van der Waals surface area contributed by atoms with Crippen molar-refractivity contribution in [1.82, 2.24) is 10.3 Å². The molecule has 3 rings (SSSR count). The Hall–Kier alpha value is -0.460. The molecule has 0 bridgehead atoms. The summed E-state index contributed by atoms with van der Waals surface area (Å²) < 4.78 is 12.0. The minimum absolute atomic E-state index is 0.0104. The molecule has 1 aromatic heterocycles. The summed E-state index contributed by atoms with van der Waals surface area (Å²) in [6.45, 7) is 6.68. The van der Waals surface area contributed by atoms with Crippen molar-refractivity contribution in [2.24, 2.45) is 0 Å². The minimum atomic E-state index is -0.369. The molecule has 1 unspecified atom stereocenters. The quantitative estimate of drug-likeness (QED) is 0.724. The van der Waals surface area contributed by atoms with Crippen LogP contribution in [0.15, 0.2) is 18.3 Å². The van der Waals surface area contributed by atoms with Gasteiger partial charge in [-0.1, -0.05) is 23.8 Å². The second-order valence-electron chi connectivity index (χ2n) is 5.27. The third-order valence-corrected chi connectivity index (χ3v) is 3.58. The fourth-order valence-electron chi connectivity index (χ4n) is 2.21. The Morgan fingerprint density at radius 3 is 2.58 bits per heavy atom. The Labute approximate surface area is 123 Å². The normalized spacial score (nSPS) is 28.2. The van der Waals surface area contributed by atoms with Gasteiger partial charge in [-0.05, 0) is 38.9 Å². The zero-order valence-electron chi connectivity index (χ0n) is 11.2. The van der Waals surface area contributed by atoms with E-state index in [2.05, 4.69) is 10.3 Å². The number of pyridine rings is 1. The molecular formula is C13H19ClN2O2S. The van der Waals surface area contributed by atoms with Gasteiger partial charge in [0.15, 0.2) is 5.79 Å². The summed E-state index contributed by atoms with van der Waals surface area (Å²) in [6.07, 6.45) is 2.74. The molecule has 1 aromatic rings. The SMILES string of the molecule is CC1(C)OCC2(CCNC2)O1.S=c1ccc(Cl)c[nH]1. The fourth-order valence-corrected chi connectivity index (χ4v) is 2.45. The van der Waals surface area contributed by atoms with Gasteiger partial charge in [0.2, 0.25) is 0 Å². The van der Waals surface area contributed by atoms with E-state index in [1.54, 1.807) is 18.3 Å². The van der Waals surface area contributed by atoms with Gasteiger partial charge in [0.25, 0.3) is 0 Å². The number of ether oxygens (including phenoxy) is 2. The third kappa shape index (κ3) is 4.26. The Balaban J connectivity index is 0.000000148. The number of hydrogen-bond donors (Lipinski definition) is 2. The average Bonchev–Trinajstić information content (AvgIpc) is 2.92. The highest BCUT2D eigenvalue weighted by atomic mass is 35.5. The van der Waals surface area contributed by atoms with Gasteiger partial charge < -0.3 is 19.8 Å². The first-order valence-electron chi connectivity index (χ1n) is 6.30. The van der Waals surface area contributed by atoms with Gasteiger partial charge in [-0.15, -0.1) is 0 Å². The van der Waals surface area contributed by atoms with Crippen molar-refractivity contribution in [2.45, 2.75) is 31.7 Å². The summed E-state index contributed by atoms with van der Waals surface area (Å²) >= 11 is 10.3. The molecular weight excluding hydrogens is 284 g/mol. The number of halogens is 1. The van der Waals surface area contributed by atoms with Crippen molar-refractivity contribution >= 4 is 23.8 Å². The van der Waals surface area contributed by atoms with Gasteiger partial charge >= 0.3 is 0 Å². The molecule has 2 aliphatic rings. The predicted molar refractivity (Wildman–Crippen MR) is 78.0 cm³/mol. The van der Waals surface area contributed by atoms with Crippen LogP contribution in [0.1, 0.15) is 20.3 Å². The van der Waals surface area contributed by atoms with E-state index in [9.17, 15) is 0 Å². The maximum Gasteiger partial charge on any atom is 0.163 e. The standard InChI is InChI=1S/C8H15NO2.C5H4ClNS/c1-7(2)10-6-8(11-7)3-4-9-5-8;6-4-1-2-5(8)7-3-4/h9H,3-6H2,1-2H3;1-3H,(H,7,8). The summed E-state index contributed by atoms with van der Waals surface area (Å²) in [4.78, 5) is 2.78. The molecule has 6 heteroatoms. The predicted octanol–water partition coefficient (Wildman–Crippen LogP) is 2.90. The van der Waals surface area contributed by atoms with Gasteiger partial charge in [0.1, 0.15) is 10.2 Å². The number of hydrogen-bond acceptors (Lipinski definition) is 4. The van der Waals surface area contributed by atoms with E-state index in [0.717, 1.165) is 26.1 Å². The summed E-state index contributed by atoms with van der Waals surface area (Å²) in [7, 11) is 0. The van der Waals surface area contributed by atoms with Crippen LogP contribution in [0.4, 0.5) is 0 Å². The van der Waals surface area contributed by atoms with Crippen LogP contribution in [-0.4, -0.2) is 36.1 Å². The molecule has 0 radical (unpaired) electrons. The first-order chi connectivity index (χ1) is 8.91. The van der Waals surface area contributed by atoms with E-state index < -0.39 is 0 Å². The first kappa shape index (κ1) is 14.9. The lowest BCUT2D eigenvalue weighted by Crippen LogP contribution is -2.36. The van der Waals surface area contributed by atoms with Crippen LogP contribution in [0.5, 0.6) is 0 Å². The summed E-state index contributed by atoms with van der Waals surface area (Å²) in [5.41, 5.74) is -0.0104. The van der Waals surface area contributed by atoms with E-state index in [4.69, 9.17) is 33.3 Å². The van der Waals surface area contributed by atoms with Crippen molar-refractivity contribution in [3.8, 4) is 0 Å². The summed E-state index contributed by atoms with van der Waals surface area (Å²) in [6, 6.07) is 3.50. The molecule has 1 spiro atoms. The molecule has 19 heavy (non-hydrogen) atoms. The van der Waals surface area contributed by atoms with Crippen LogP contribution >= 0.6 is 23.8 Å². The third-order valence-electron chi connectivity index (χ3n) is 3.10. The Kier molecular flexibility index (Phi) is 4.63. The molecule has 3 heterocycles. The van der Waals surface area contributed by atoms with Crippen molar-refractivity contribution < 1.29 is 9.47 Å². The number of nitrogens with one attached hydrogen (secondary N) is 2. The number of aromatic amines is 1. The lowest BCUT2D eigenvalue weighted by Gasteiger charge is -2.23. The molecule has 2 saturated heterocycles. The molecule has 4 nitrogen and oxygen atoms in total. The molecule has 2 N–H and O–H groups in total.